The molecule has 2 aliphatic rings. The molecule has 2 aromatic rings. The molecule has 8 heteroatoms. The molecule has 0 bridgehead atoms. The Morgan fingerprint density at radius 2 is 2.10 bits per heavy atom. The van der Waals surface area contributed by atoms with Gasteiger partial charge in [0.2, 0.25) is 5.91 Å². The molecule has 7 nitrogen and oxygen atoms in total. The second kappa shape index (κ2) is 9.78. The summed E-state index contributed by atoms with van der Waals surface area (Å²) in [5.41, 5.74) is 3.03. The Balaban J connectivity index is 1.47. The molecule has 1 aliphatic carbocycles. The summed E-state index contributed by atoms with van der Waals surface area (Å²) in [6.45, 7) is 2.81. The third-order valence-electron chi connectivity index (χ3n) is 5.75. The molecule has 1 amide bonds. The van der Waals surface area contributed by atoms with E-state index in [1.54, 1.807) is 28.8 Å². The molecule has 2 heterocycles. The average Bonchev–Trinajstić information content (AvgIpc) is 3.28. The number of fused-ring (bicyclic) bond motifs is 1. The van der Waals surface area contributed by atoms with Crippen LogP contribution < -0.4 is 11.0 Å². The van der Waals surface area contributed by atoms with E-state index < -0.39 is 0 Å². The second-order valence-corrected chi connectivity index (χ2v) is 9.02. The Kier molecular flexibility index (Phi) is 6.87. The highest BCUT2D eigenvalue weighted by molar-refractivity contribution is 8.00. The van der Waals surface area contributed by atoms with Gasteiger partial charge in [-0.25, -0.2) is 4.79 Å². The van der Waals surface area contributed by atoms with E-state index in [0.29, 0.717) is 22.8 Å². The SMILES string of the molecule is CC(=O)c1cccc(NC(=O)CSc2nc(=O)n(C[C@@H]3CCCO3)c3c2CCCC3)c1. The van der Waals surface area contributed by atoms with Crippen molar-refractivity contribution in [2.24, 2.45) is 0 Å². The van der Waals surface area contributed by atoms with Crippen molar-refractivity contribution in [3.63, 3.8) is 0 Å². The molecule has 0 radical (unpaired) electrons. The Morgan fingerprint density at radius 3 is 2.87 bits per heavy atom. The Labute approximate surface area is 185 Å². The van der Waals surface area contributed by atoms with Gasteiger partial charge in [0.25, 0.3) is 0 Å². The summed E-state index contributed by atoms with van der Waals surface area (Å²) in [7, 11) is 0. The molecular weight excluding hydrogens is 414 g/mol. The molecule has 1 aliphatic heterocycles. The fourth-order valence-electron chi connectivity index (χ4n) is 4.19. The Morgan fingerprint density at radius 1 is 1.26 bits per heavy atom. The molecular formula is C23H27N3O4S. The van der Waals surface area contributed by atoms with Crippen LogP contribution in [-0.4, -0.2) is 39.7 Å². The lowest BCUT2D eigenvalue weighted by molar-refractivity contribution is -0.113. The number of benzene rings is 1. The van der Waals surface area contributed by atoms with Crippen molar-refractivity contribution < 1.29 is 14.3 Å². The average molecular weight is 442 g/mol. The van der Waals surface area contributed by atoms with Gasteiger partial charge in [0.1, 0.15) is 5.03 Å². The quantitative estimate of drug-likeness (QED) is 0.403. The van der Waals surface area contributed by atoms with E-state index in [9.17, 15) is 14.4 Å². The maximum Gasteiger partial charge on any atom is 0.348 e. The minimum Gasteiger partial charge on any atom is -0.376 e. The maximum absolute atomic E-state index is 12.8. The highest BCUT2D eigenvalue weighted by atomic mass is 32.2. The maximum atomic E-state index is 12.8. The minimum atomic E-state index is -0.256. The zero-order chi connectivity index (χ0) is 21.8. The number of hydrogen-bond acceptors (Lipinski definition) is 6. The number of carbonyl (C=O) groups excluding carboxylic acids is 2. The third kappa shape index (κ3) is 5.25. The van der Waals surface area contributed by atoms with Crippen molar-refractivity contribution >= 4 is 29.1 Å². The van der Waals surface area contributed by atoms with E-state index in [1.807, 2.05) is 0 Å². The summed E-state index contributed by atoms with van der Waals surface area (Å²) < 4.78 is 7.52. The first-order valence-corrected chi connectivity index (χ1v) is 11.8. The largest absolute Gasteiger partial charge is 0.376 e. The van der Waals surface area contributed by atoms with Crippen LogP contribution in [0.1, 0.15) is 54.2 Å². The molecule has 4 rings (SSSR count). The van der Waals surface area contributed by atoms with E-state index in [2.05, 4.69) is 10.3 Å². The van der Waals surface area contributed by atoms with Crippen LogP contribution in [0.4, 0.5) is 5.69 Å². The van der Waals surface area contributed by atoms with Gasteiger partial charge in [-0.1, -0.05) is 23.9 Å². The van der Waals surface area contributed by atoms with Gasteiger partial charge in [-0.2, -0.15) is 4.98 Å². The number of amides is 1. The molecule has 164 valence electrons. The van der Waals surface area contributed by atoms with Gasteiger partial charge < -0.3 is 10.1 Å². The number of carbonyl (C=O) groups is 2. The summed E-state index contributed by atoms with van der Waals surface area (Å²) >= 11 is 1.30. The second-order valence-electron chi connectivity index (χ2n) is 8.05. The Bertz CT molecular complexity index is 1040. The number of nitrogens with zero attached hydrogens (tertiary/aromatic N) is 2. The number of Topliss-reactive ketones (excluding diaryl/α,β-unsaturated/α-hetero) is 1. The van der Waals surface area contributed by atoms with E-state index in [1.165, 1.54) is 18.7 Å². The zero-order valence-electron chi connectivity index (χ0n) is 17.7. The molecule has 1 aromatic carbocycles. The lowest BCUT2D eigenvalue weighted by atomic mass is 9.97. The fraction of sp³-hybridized carbons (Fsp3) is 0.478. The van der Waals surface area contributed by atoms with Crippen LogP contribution in [0, 0.1) is 0 Å². The number of rotatable bonds is 7. The summed E-state index contributed by atoms with van der Waals surface area (Å²) in [6, 6.07) is 6.87. The fourth-order valence-corrected chi connectivity index (χ4v) is 5.07. The van der Waals surface area contributed by atoms with Crippen LogP contribution in [0.2, 0.25) is 0 Å². The Hall–Kier alpha value is -2.45. The smallest absolute Gasteiger partial charge is 0.348 e. The normalized spacial score (nSPS) is 17.9. The monoisotopic (exact) mass is 441 g/mol. The number of aromatic nitrogens is 2. The van der Waals surface area contributed by atoms with E-state index >= 15 is 0 Å². The van der Waals surface area contributed by atoms with Gasteiger partial charge in [-0.3, -0.25) is 14.2 Å². The third-order valence-corrected chi connectivity index (χ3v) is 6.77. The van der Waals surface area contributed by atoms with Crippen molar-refractivity contribution in [2.45, 2.75) is 63.1 Å². The first kappa shape index (κ1) is 21.8. The van der Waals surface area contributed by atoms with Crippen molar-refractivity contribution in [3.05, 3.63) is 51.6 Å². The van der Waals surface area contributed by atoms with Crippen LogP contribution in [-0.2, 0) is 28.9 Å². The zero-order valence-corrected chi connectivity index (χ0v) is 18.5. The predicted molar refractivity (Wildman–Crippen MR) is 120 cm³/mol. The van der Waals surface area contributed by atoms with Crippen molar-refractivity contribution in [1.29, 1.82) is 0 Å². The first-order chi connectivity index (χ1) is 15.0. The van der Waals surface area contributed by atoms with Gasteiger partial charge in [-0.05, 0) is 57.6 Å². The molecule has 0 saturated carbocycles. The first-order valence-electron chi connectivity index (χ1n) is 10.8. The number of ether oxygens (including phenoxy) is 1. The molecule has 1 N–H and O–H groups in total. The summed E-state index contributed by atoms with van der Waals surface area (Å²) in [6.07, 6.45) is 5.94. The summed E-state index contributed by atoms with van der Waals surface area (Å²) in [5.74, 6) is -0.0932. The van der Waals surface area contributed by atoms with Gasteiger partial charge in [0.05, 0.1) is 18.4 Å². The number of anilines is 1. The lowest BCUT2D eigenvalue weighted by Crippen LogP contribution is -2.34. The number of ketones is 1. The van der Waals surface area contributed by atoms with Gasteiger partial charge in [0, 0.05) is 29.1 Å². The molecule has 31 heavy (non-hydrogen) atoms. The standard InChI is InChI=1S/C23H27N3O4S/c1-15(27)16-6-4-7-17(12-16)24-21(28)14-31-22-19-9-2-3-10-20(19)26(23(29)25-22)13-18-8-5-11-30-18/h4,6-7,12,18H,2-3,5,8-11,13-14H2,1H3,(H,24,28)/t18-/m0/s1. The van der Waals surface area contributed by atoms with Crippen molar-refractivity contribution in [3.8, 4) is 0 Å². The van der Waals surface area contributed by atoms with Crippen molar-refractivity contribution in [1.82, 2.24) is 9.55 Å². The van der Waals surface area contributed by atoms with E-state index in [4.69, 9.17) is 4.74 Å². The highest BCUT2D eigenvalue weighted by Gasteiger charge is 2.24. The van der Waals surface area contributed by atoms with Crippen LogP contribution in [0.25, 0.3) is 0 Å². The minimum absolute atomic E-state index is 0.0510. The molecule has 0 spiro atoms. The van der Waals surface area contributed by atoms with E-state index in [-0.39, 0.29) is 29.2 Å². The van der Waals surface area contributed by atoms with Gasteiger partial charge >= 0.3 is 5.69 Å². The molecule has 1 aromatic heterocycles. The number of hydrogen-bond donors (Lipinski definition) is 1. The van der Waals surface area contributed by atoms with Crippen LogP contribution >= 0.6 is 11.8 Å². The summed E-state index contributed by atoms with van der Waals surface area (Å²) in [4.78, 5) is 41.1. The van der Waals surface area contributed by atoms with Crippen LogP contribution in [0.5, 0.6) is 0 Å². The highest BCUT2D eigenvalue weighted by Crippen LogP contribution is 2.29. The van der Waals surface area contributed by atoms with Crippen LogP contribution in [0.15, 0.2) is 34.1 Å². The lowest BCUT2D eigenvalue weighted by Gasteiger charge is -2.24. The molecule has 1 saturated heterocycles. The van der Waals surface area contributed by atoms with Gasteiger partial charge in [0.15, 0.2) is 5.78 Å². The molecule has 1 fully saturated rings. The number of thioether (sulfide) groups is 1. The topological polar surface area (TPSA) is 90.3 Å². The molecule has 0 unspecified atom stereocenters. The summed E-state index contributed by atoms with van der Waals surface area (Å²) in [5, 5.41) is 3.49. The van der Waals surface area contributed by atoms with Crippen LogP contribution in [0.3, 0.4) is 0 Å². The molecule has 1 atom stereocenters. The van der Waals surface area contributed by atoms with Crippen molar-refractivity contribution in [2.75, 3.05) is 17.7 Å². The predicted octanol–water partition coefficient (Wildman–Crippen LogP) is 3.23. The van der Waals surface area contributed by atoms with Gasteiger partial charge in [-0.15, -0.1) is 0 Å². The van der Waals surface area contributed by atoms with E-state index in [0.717, 1.165) is 56.4 Å². The number of nitrogens with one attached hydrogen (secondary N) is 1.